The molecule has 1 saturated heterocycles. The van der Waals surface area contributed by atoms with Crippen molar-refractivity contribution in [3.8, 4) is 0 Å². The first-order chi connectivity index (χ1) is 7.63. The largest absolute Gasteiger partial charge is 0.465 e. The van der Waals surface area contributed by atoms with Gasteiger partial charge in [0.05, 0.1) is 0 Å². The summed E-state index contributed by atoms with van der Waals surface area (Å²) in [6.07, 6.45) is 1.92. The fourth-order valence-electron chi connectivity index (χ4n) is 1.88. The van der Waals surface area contributed by atoms with Crippen LogP contribution in [0.3, 0.4) is 0 Å². The van der Waals surface area contributed by atoms with Crippen molar-refractivity contribution in [1.29, 1.82) is 5.41 Å². The molecular formula is C11H21N3O2. The molecule has 1 amide bonds. The number of hydrogen-bond donors (Lipinski definition) is 2. The highest BCUT2D eigenvalue weighted by molar-refractivity contribution is 5.81. The van der Waals surface area contributed by atoms with Gasteiger partial charge in [0.1, 0.15) is 0 Å². The molecule has 5 heteroatoms. The number of carbonyl (C=O) groups is 1. The van der Waals surface area contributed by atoms with Crippen molar-refractivity contribution < 1.29 is 9.90 Å². The highest BCUT2D eigenvalue weighted by Gasteiger charge is 2.19. The van der Waals surface area contributed by atoms with Crippen LogP contribution >= 0.6 is 0 Å². The first-order valence-corrected chi connectivity index (χ1v) is 5.90. The summed E-state index contributed by atoms with van der Waals surface area (Å²) in [5.41, 5.74) is 0.808. The quantitative estimate of drug-likeness (QED) is 0.699. The van der Waals surface area contributed by atoms with Crippen LogP contribution in [-0.2, 0) is 0 Å². The van der Waals surface area contributed by atoms with Crippen LogP contribution in [0.1, 0.15) is 26.2 Å². The number of piperazine rings is 1. The van der Waals surface area contributed by atoms with Gasteiger partial charge in [-0.2, -0.15) is 0 Å². The maximum atomic E-state index is 10.7. The molecule has 1 aliphatic heterocycles. The van der Waals surface area contributed by atoms with Crippen LogP contribution in [0.25, 0.3) is 0 Å². The minimum Gasteiger partial charge on any atom is -0.465 e. The third kappa shape index (κ3) is 4.18. The van der Waals surface area contributed by atoms with Gasteiger partial charge in [0.25, 0.3) is 0 Å². The highest BCUT2D eigenvalue weighted by Crippen LogP contribution is 2.04. The molecular weight excluding hydrogens is 206 g/mol. The predicted octanol–water partition coefficient (Wildman–Crippen LogP) is 1.49. The topological polar surface area (TPSA) is 67.6 Å². The molecule has 2 N–H and O–H groups in total. The summed E-state index contributed by atoms with van der Waals surface area (Å²) >= 11 is 0. The van der Waals surface area contributed by atoms with Crippen LogP contribution in [0.4, 0.5) is 4.79 Å². The molecule has 0 radical (unpaired) electrons. The Balaban J connectivity index is 2.17. The lowest BCUT2D eigenvalue weighted by Gasteiger charge is -2.33. The number of amides is 1. The molecule has 0 saturated carbocycles. The Morgan fingerprint density at radius 1 is 1.25 bits per heavy atom. The molecule has 0 aromatic heterocycles. The van der Waals surface area contributed by atoms with Crippen LogP contribution < -0.4 is 0 Å². The molecule has 5 nitrogen and oxygen atoms in total. The van der Waals surface area contributed by atoms with Crippen LogP contribution in [0.5, 0.6) is 0 Å². The van der Waals surface area contributed by atoms with E-state index in [0.717, 1.165) is 44.6 Å². The predicted molar refractivity (Wildman–Crippen MR) is 63.3 cm³/mol. The molecule has 0 bridgehead atoms. The summed E-state index contributed by atoms with van der Waals surface area (Å²) in [4.78, 5) is 14.4. The Morgan fingerprint density at radius 2 is 1.88 bits per heavy atom. The fourth-order valence-corrected chi connectivity index (χ4v) is 1.88. The van der Waals surface area contributed by atoms with Gasteiger partial charge < -0.3 is 15.4 Å². The molecule has 1 rings (SSSR count). The molecule has 0 aromatic rings. The average Bonchev–Trinajstić information content (AvgIpc) is 2.27. The van der Waals surface area contributed by atoms with E-state index in [1.54, 1.807) is 0 Å². The molecule has 16 heavy (non-hydrogen) atoms. The van der Waals surface area contributed by atoms with E-state index in [-0.39, 0.29) is 0 Å². The van der Waals surface area contributed by atoms with Crippen molar-refractivity contribution in [2.45, 2.75) is 26.2 Å². The van der Waals surface area contributed by atoms with Gasteiger partial charge in [0.15, 0.2) is 0 Å². The number of carboxylic acid groups (broad SMARTS) is 1. The molecule has 0 spiro atoms. The third-order valence-electron chi connectivity index (χ3n) is 2.92. The molecule has 1 heterocycles. The zero-order chi connectivity index (χ0) is 12.0. The number of nitrogens with zero attached hydrogens (tertiary/aromatic N) is 2. The van der Waals surface area contributed by atoms with Crippen molar-refractivity contribution in [3.05, 3.63) is 0 Å². The summed E-state index contributed by atoms with van der Waals surface area (Å²) in [7, 11) is 0. The maximum absolute atomic E-state index is 10.7. The smallest absolute Gasteiger partial charge is 0.407 e. The van der Waals surface area contributed by atoms with Gasteiger partial charge >= 0.3 is 6.09 Å². The Kier molecular flexibility index (Phi) is 5.25. The Labute approximate surface area is 96.5 Å². The van der Waals surface area contributed by atoms with E-state index in [2.05, 4.69) is 11.8 Å². The second-order valence-electron chi connectivity index (χ2n) is 4.21. The summed E-state index contributed by atoms with van der Waals surface area (Å²) in [5, 5.41) is 16.5. The van der Waals surface area contributed by atoms with E-state index < -0.39 is 6.09 Å². The second-order valence-corrected chi connectivity index (χ2v) is 4.21. The van der Waals surface area contributed by atoms with Gasteiger partial charge in [-0.25, -0.2) is 4.79 Å². The molecule has 0 unspecified atom stereocenters. The normalized spacial score (nSPS) is 17.4. The van der Waals surface area contributed by atoms with Crippen LogP contribution in [0.15, 0.2) is 0 Å². The fraction of sp³-hybridized carbons (Fsp3) is 0.818. The van der Waals surface area contributed by atoms with Crippen molar-refractivity contribution in [1.82, 2.24) is 9.80 Å². The average molecular weight is 227 g/mol. The monoisotopic (exact) mass is 227 g/mol. The summed E-state index contributed by atoms with van der Waals surface area (Å²) in [6, 6.07) is 0. The molecule has 0 aromatic carbocycles. The van der Waals surface area contributed by atoms with E-state index in [4.69, 9.17) is 10.5 Å². The van der Waals surface area contributed by atoms with Crippen molar-refractivity contribution in [3.63, 3.8) is 0 Å². The Hall–Kier alpha value is -1.10. The number of hydrogen-bond acceptors (Lipinski definition) is 3. The van der Waals surface area contributed by atoms with Gasteiger partial charge in [-0.3, -0.25) is 4.90 Å². The summed E-state index contributed by atoms with van der Waals surface area (Å²) in [6.45, 7) is 5.76. The van der Waals surface area contributed by atoms with E-state index >= 15 is 0 Å². The van der Waals surface area contributed by atoms with Gasteiger partial charge in [0, 0.05) is 38.4 Å². The van der Waals surface area contributed by atoms with E-state index in [1.807, 2.05) is 0 Å². The van der Waals surface area contributed by atoms with Crippen LogP contribution in [0, 0.1) is 5.41 Å². The third-order valence-corrected chi connectivity index (χ3v) is 2.92. The zero-order valence-electron chi connectivity index (χ0n) is 9.91. The van der Waals surface area contributed by atoms with E-state index in [0.29, 0.717) is 13.1 Å². The lowest BCUT2D eigenvalue weighted by molar-refractivity contribution is 0.106. The zero-order valence-corrected chi connectivity index (χ0v) is 9.91. The van der Waals surface area contributed by atoms with E-state index in [9.17, 15) is 4.79 Å². The maximum Gasteiger partial charge on any atom is 0.407 e. The van der Waals surface area contributed by atoms with Crippen molar-refractivity contribution >= 4 is 11.8 Å². The van der Waals surface area contributed by atoms with Gasteiger partial charge in [0.2, 0.25) is 0 Å². The molecule has 0 aliphatic carbocycles. The SMILES string of the molecule is CCCC(=N)CCN1CCN(C(=O)O)CC1. The molecule has 0 atom stereocenters. The van der Waals surface area contributed by atoms with Crippen LogP contribution in [-0.4, -0.2) is 59.4 Å². The van der Waals surface area contributed by atoms with Crippen LogP contribution in [0.2, 0.25) is 0 Å². The highest BCUT2D eigenvalue weighted by atomic mass is 16.4. The number of nitrogens with one attached hydrogen (secondary N) is 1. The van der Waals surface area contributed by atoms with Gasteiger partial charge in [-0.05, 0) is 12.8 Å². The number of rotatable bonds is 5. The standard InChI is InChI=1S/C11H21N3O2/c1-2-3-10(12)4-5-13-6-8-14(9-7-13)11(15)16/h12H,2-9H2,1H3,(H,15,16). The van der Waals surface area contributed by atoms with Crippen molar-refractivity contribution in [2.24, 2.45) is 0 Å². The molecule has 1 fully saturated rings. The Bertz CT molecular complexity index is 248. The lowest BCUT2D eigenvalue weighted by atomic mass is 10.1. The van der Waals surface area contributed by atoms with E-state index in [1.165, 1.54) is 4.90 Å². The first-order valence-electron chi connectivity index (χ1n) is 5.90. The molecule has 92 valence electrons. The second kappa shape index (κ2) is 6.48. The first kappa shape index (κ1) is 13.0. The summed E-state index contributed by atoms with van der Waals surface area (Å²) < 4.78 is 0. The summed E-state index contributed by atoms with van der Waals surface area (Å²) in [5.74, 6) is 0. The Morgan fingerprint density at radius 3 is 2.38 bits per heavy atom. The van der Waals surface area contributed by atoms with Crippen molar-refractivity contribution in [2.75, 3.05) is 32.7 Å². The lowest BCUT2D eigenvalue weighted by Crippen LogP contribution is -2.48. The minimum atomic E-state index is -0.821. The van der Waals surface area contributed by atoms with Gasteiger partial charge in [-0.15, -0.1) is 0 Å². The van der Waals surface area contributed by atoms with Gasteiger partial charge in [-0.1, -0.05) is 13.3 Å². The minimum absolute atomic E-state index is 0.594. The molecule has 1 aliphatic rings.